The van der Waals surface area contributed by atoms with Crippen molar-refractivity contribution in [1.29, 1.82) is 0 Å². The second-order valence-electron chi connectivity index (χ2n) is 6.41. The Bertz CT molecular complexity index is 901. The molecule has 1 fully saturated rings. The van der Waals surface area contributed by atoms with E-state index in [4.69, 9.17) is 5.11 Å². The zero-order chi connectivity index (χ0) is 19.3. The number of carboxylic acids is 1. The van der Waals surface area contributed by atoms with Crippen molar-refractivity contribution >= 4 is 22.1 Å². The fraction of sp³-hybridized carbons (Fsp3) is 0.250. The number of rotatable bonds is 6. The van der Waals surface area contributed by atoms with E-state index in [1.54, 1.807) is 12.1 Å². The first kappa shape index (κ1) is 19.3. The predicted molar refractivity (Wildman–Crippen MR) is 104 cm³/mol. The molecule has 0 bridgehead atoms. The predicted octanol–water partition coefficient (Wildman–Crippen LogP) is 2.29. The van der Waals surface area contributed by atoms with Gasteiger partial charge in [0.15, 0.2) is 0 Å². The maximum atomic E-state index is 12.8. The van der Waals surface area contributed by atoms with Crippen molar-refractivity contribution in [2.45, 2.75) is 11.4 Å². The lowest BCUT2D eigenvalue weighted by Crippen LogP contribution is -2.48. The Morgan fingerprint density at radius 1 is 0.963 bits per heavy atom. The number of sulfonamides is 1. The van der Waals surface area contributed by atoms with Gasteiger partial charge in [-0.2, -0.15) is 4.31 Å². The normalized spacial score (nSPS) is 16.6. The summed E-state index contributed by atoms with van der Waals surface area (Å²) in [5, 5.41) is 8.65. The summed E-state index contributed by atoms with van der Waals surface area (Å²) >= 11 is 0. The molecule has 0 amide bonds. The molecule has 3 rings (SSSR count). The molecule has 0 radical (unpaired) electrons. The van der Waals surface area contributed by atoms with Crippen LogP contribution in [0.3, 0.4) is 0 Å². The zero-order valence-corrected chi connectivity index (χ0v) is 15.7. The van der Waals surface area contributed by atoms with Crippen molar-refractivity contribution in [3.05, 3.63) is 71.8 Å². The second kappa shape index (κ2) is 8.47. The van der Waals surface area contributed by atoms with Gasteiger partial charge in [0.1, 0.15) is 0 Å². The average Bonchev–Trinajstić information content (AvgIpc) is 2.68. The van der Waals surface area contributed by atoms with Crippen LogP contribution in [0.5, 0.6) is 0 Å². The third-order valence-corrected chi connectivity index (χ3v) is 6.43. The van der Waals surface area contributed by atoms with E-state index in [2.05, 4.69) is 17.0 Å². The largest absolute Gasteiger partial charge is 0.478 e. The Kier molecular flexibility index (Phi) is 6.05. The van der Waals surface area contributed by atoms with Gasteiger partial charge in [-0.25, -0.2) is 13.2 Å². The Balaban J connectivity index is 1.62. The van der Waals surface area contributed by atoms with Gasteiger partial charge in [0.25, 0.3) is 0 Å². The molecule has 1 N–H and O–H groups in total. The highest BCUT2D eigenvalue weighted by Gasteiger charge is 2.28. The molecule has 27 heavy (non-hydrogen) atoms. The van der Waals surface area contributed by atoms with Crippen molar-refractivity contribution in [1.82, 2.24) is 9.21 Å². The number of hydrogen-bond donors (Lipinski definition) is 1. The van der Waals surface area contributed by atoms with Crippen LogP contribution in [0.4, 0.5) is 0 Å². The Morgan fingerprint density at radius 3 is 2.19 bits per heavy atom. The first-order valence-corrected chi connectivity index (χ1v) is 10.2. The average molecular weight is 386 g/mol. The van der Waals surface area contributed by atoms with Gasteiger partial charge in [0, 0.05) is 38.8 Å². The summed E-state index contributed by atoms with van der Waals surface area (Å²) in [5.74, 6) is -1.04. The lowest BCUT2D eigenvalue weighted by atomic mass is 10.2. The quantitative estimate of drug-likeness (QED) is 0.771. The van der Waals surface area contributed by atoms with Crippen LogP contribution in [0, 0.1) is 0 Å². The van der Waals surface area contributed by atoms with Crippen LogP contribution in [0.25, 0.3) is 6.08 Å². The van der Waals surface area contributed by atoms with Gasteiger partial charge in [0.05, 0.1) is 4.90 Å². The summed E-state index contributed by atoms with van der Waals surface area (Å²) in [6.45, 7) is 3.10. The first-order chi connectivity index (χ1) is 12.9. The monoisotopic (exact) mass is 386 g/mol. The van der Waals surface area contributed by atoms with E-state index in [0.717, 1.165) is 12.6 Å². The molecule has 0 atom stereocenters. The first-order valence-electron chi connectivity index (χ1n) is 8.73. The van der Waals surface area contributed by atoms with Crippen molar-refractivity contribution < 1.29 is 18.3 Å². The van der Waals surface area contributed by atoms with Crippen molar-refractivity contribution in [3.8, 4) is 0 Å². The number of nitrogens with zero attached hydrogens (tertiary/aromatic N) is 2. The smallest absolute Gasteiger partial charge is 0.328 e. The van der Waals surface area contributed by atoms with Gasteiger partial charge >= 0.3 is 5.97 Å². The highest BCUT2D eigenvalue weighted by atomic mass is 32.2. The van der Waals surface area contributed by atoms with E-state index in [1.165, 1.54) is 28.1 Å². The third-order valence-electron chi connectivity index (χ3n) is 4.52. The molecule has 2 aromatic rings. The summed E-state index contributed by atoms with van der Waals surface area (Å²) in [7, 11) is -3.54. The number of piperazine rings is 1. The molecule has 6 nitrogen and oxygen atoms in total. The molecule has 0 saturated carbocycles. The molecule has 142 valence electrons. The number of benzene rings is 2. The standard InChI is InChI=1S/C20H22N2O4S/c23-20(24)11-8-17-6-9-19(10-7-17)27(25,26)22-14-12-21(13-15-22)16-18-4-2-1-3-5-18/h1-11H,12-16H2,(H,23,24)/b11-8+. The molecule has 0 aliphatic carbocycles. The molecule has 2 aromatic carbocycles. The number of hydrogen-bond acceptors (Lipinski definition) is 4. The maximum Gasteiger partial charge on any atom is 0.328 e. The van der Waals surface area contributed by atoms with Crippen molar-refractivity contribution in [3.63, 3.8) is 0 Å². The lowest BCUT2D eigenvalue weighted by molar-refractivity contribution is -0.131. The summed E-state index contributed by atoms with van der Waals surface area (Å²) in [6.07, 6.45) is 2.45. The van der Waals surface area contributed by atoms with Crippen LogP contribution in [0.1, 0.15) is 11.1 Å². The van der Waals surface area contributed by atoms with E-state index >= 15 is 0 Å². The molecule has 1 aliphatic heterocycles. The maximum absolute atomic E-state index is 12.8. The van der Waals surface area contributed by atoms with E-state index in [-0.39, 0.29) is 4.90 Å². The van der Waals surface area contributed by atoms with Crippen LogP contribution in [-0.4, -0.2) is 54.9 Å². The van der Waals surface area contributed by atoms with Gasteiger partial charge < -0.3 is 5.11 Å². The molecule has 0 unspecified atom stereocenters. The number of carbonyl (C=O) groups is 1. The summed E-state index contributed by atoms with van der Waals surface area (Å²) in [4.78, 5) is 13.0. The van der Waals surface area contributed by atoms with Crippen LogP contribution in [0.2, 0.25) is 0 Å². The minimum Gasteiger partial charge on any atom is -0.478 e. The van der Waals surface area contributed by atoms with Gasteiger partial charge in [-0.3, -0.25) is 4.90 Å². The molecule has 1 saturated heterocycles. The highest BCUT2D eigenvalue weighted by Crippen LogP contribution is 2.19. The minimum absolute atomic E-state index is 0.228. The number of carboxylic acid groups (broad SMARTS) is 1. The molecule has 7 heteroatoms. The van der Waals surface area contributed by atoms with Crippen LogP contribution < -0.4 is 0 Å². The zero-order valence-electron chi connectivity index (χ0n) is 14.9. The van der Waals surface area contributed by atoms with E-state index in [1.807, 2.05) is 18.2 Å². The van der Waals surface area contributed by atoms with Crippen molar-refractivity contribution in [2.75, 3.05) is 26.2 Å². The van der Waals surface area contributed by atoms with Crippen LogP contribution >= 0.6 is 0 Å². The summed E-state index contributed by atoms with van der Waals surface area (Å²) in [6, 6.07) is 16.4. The summed E-state index contributed by atoms with van der Waals surface area (Å²) in [5.41, 5.74) is 1.86. The minimum atomic E-state index is -3.54. The molecule has 1 heterocycles. The fourth-order valence-electron chi connectivity index (χ4n) is 3.04. The Hall–Kier alpha value is -2.48. The van der Waals surface area contributed by atoms with E-state index < -0.39 is 16.0 Å². The van der Waals surface area contributed by atoms with Gasteiger partial charge in [0.2, 0.25) is 10.0 Å². The Labute approximate surface area is 159 Å². The molecule has 1 aliphatic rings. The van der Waals surface area contributed by atoms with E-state index in [9.17, 15) is 13.2 Å². The van der Waals surface area contributed by atoms with Gasteiger partial charge in [-0.1, -0.05) is 42.5 Å². The highest BCUT2D eigenvalue weighted by molar-refractivity contribution is 7.89. The Morgan fingerprint density at radius 2 is 1.59 bits per heavy atom. The van der Waals surface area contributed by atoms with Gasteiger partial charge in [-0.15, -0.1) is 0 Å². The third kappa shape index (κ3) is 5.03. The van der Waals surface area contributed by atoms with Crippen LogP contribution in [-0.2, 0) is 21.4 Å². The topological polar surface area (TPSA) is 77.9 Å². The lowest BCUT2D eigenvalue weighted by Gasteiger charge is -2.34. The fourth-order valence-corrected chi connectivity index (χ4v) is 4.46. The molecule has 0 aromatic heterocycles. The van der Waals surface area contributed by atoms with E-state index in [0.29, 0.717) is 31.7 Å². The molecule has 0 spiro atoms. The molecular weight excluding hydrogens is 364 g/mol. The second-order valence-corrected chi connectivity index (χ2v) is 8.34. The van der Waals surface area contributed by atoms with Crippen LogP contribution in [0.15, 0.2) is 65.6 Å². The SMILES string of the molecule is O=C(O)/C=C/c1ccc(S(=O)(=O)N2CCN(Cc3ccccc3)CC2)cc1. The van der Waals surface area contributed by atoms with Crippen molar-refractivity contribution in [2.24, 2.45) is 0 Å². The molecular formula is C20H22N2O4S. The number of aliphatic carboxylic acids is 1. The van der Waals surface area contributed by atoms with Gasteiger partial charge in [-0.05, 0) is 29.3 Å². The summed E-state index contributed by atoms with van der Waals surface area (Å²) < 4.78 is 27.2.